The van der Waals surface area contributed by atoms with E-state index in [1.165, 1.54) is 36.6 Å². The van der Waals surface area contributed by atoms with Crippen LogP contribution in [0, 0.1) is 0 Å². The number of imidazole rings is 1. The Morgan fingerprint density at radius 3 is 2.41 bits per heavy atom. The van der Waals surface area contributed by atoms with E-state index < -0.39 is 23.6 Å². The molecule has 29 heavy (non-hydrogen) atoms. The lowest BCUT2D eigenvalue weighted by molar-refractivity contribution is -0.274. The number of nitrogens with one attached hydrogen (secondary N) is 1. The second-order valence-corrected chi connectivity index (χ2v) is 7.21. The minimum Gasteiger partial charge on any atom is -0.406 e. The fourth-order valence-corrected chi connectivity index (χ4v) is 2.76. The first-order valence-electron chi connectivity index (χ1n) is 8.35. The highest BCUT2D eigenvalue weighted by molar-refractivity contribution is 6.29. The topological polar surface area (TPSA) is 89.3 Å². The highest BCUT2D eigenvalue weighted by Gasteiger charge is 2.31. The Kier molecular flexibility index (Phi) is 5.42. The molecule has 0 aliphatic heterocycles. The molecule has 0 unspecified atom stereocenters. The first-order valence-corrected chi connectivity index (χ1v) is 8.72. The summed E-state index contributed by atoms with van der Waals surface area (Å²) >= 11 is 5.96. The molecular weight excluding hydrogens is 413 g/mol. The summed E-state index contributed by atoms with van der Waals surface area (Å²) in [6, 6.07) is 8.08. The third-order valence-electron chi connectivity index (χ3n) is 3.64. The van der Waals surface area contributed by atoms with Gasteiger partial charge >= 0.3 is 6.36 Å². The SMILES string of the molecule is CC(C)(O)CC(=O)Nc1nc2ccc(Cl)nc2n1-c1ccc(OC(F)(F)F)cc1. The maximum absolute atomic E-state index is 12.4. The van der Waals surface area contributed by atoms with E-state index in [2.05, 4.69) is 20.0 Å². The summed E-state index contributed by atoms with van der Waals surface area (Å²) in [5, 5.41) is 12.6. The zero-order valence-electron chi connectivity index (χ0n) is 15.3. The number of rotatable bonds is 5. The van der Waals surface area contributed by atoms with Crippen molar-refractivity contribution in [2.45, 2.75) is 32.2 Å². The van der Waals surface area contributed by atoms with E-state index in [9.17, 15) is 23.1 Å². The van der Waals surface area contributed by atoms with Crippen LogP contribution >= 0.6 is 11.6 Å². The highest BCUT2D eigenvalue weighted by Crippen LogP contribution is 2.28. The summed E-state index contributed by atoms with van der Waals surface area (Å²) in [4.78, 5) is 20.7. The number of carbonyl (C=O) groups is 1. The van der Waals surface area contributed by atoms with Crippen molar-refractivity contribution in [2.75, 3.05) is 5.32 Å². The Morgan fingerprint density at radius 1 is 1.17 bits per heavy atom. The molecule has 0 aliphatic rings. The summed E-state index contributed by atoms with van der Waals surface area (Å²) in [5.74, 6) is -0.824. The lowest BCUT2D eigenvalue weighted by Crippen LogP contribution is -2.28. The molecule has 2 heterocycles. The second kappa shape index (κ2) is 7.53. The molecule has 11 heteroatoms. The van der Waals surface area contributed by atoms with E-state index in [0.717, 1.165) is 12.1 Å². The Hall–Kier alpha value is -2.85. The molecule has 154 valence electrons. The zero-order valence-corrected chi connectivity index (χ0v) is 16.0. The van der Waals surface area contributed by atoms with Crippen LogP contribution in [0.15, 0.2) is 36.4 Å². The van der Waals surface area contributed by atoms with Crippen LogP contribution in [0.3, 0.4) is 0 Å². The predicted octanol–water partition coefficient (Wildman–Crippen LogP) is 4.07. The number of nitrogens with zero attached hydrogens (tertiary/aromatic N) is 3. The van der Waals surface area contributed by atoms with Crippen molar-refractivity contribution in [2.24, 2.45) is 0 Å². The van der Waals surface area contributed by atoms with Gasteiger partial charge in [-0.25, -0.2) is 9.97 Å². The van der Waals surface area contributed by atoms with Crippen LogP contribution < -0.4 is 10.1 Å². The smallest absolute Gasteiger partial charge is 0.406 e. The largest absolute Gasteiger partial charge is 0.573 e. The van der Waals surface area contributed by atoms with Crippen molar-refractivity contribution in [3.05, 3.63) is 41.6 Å². The van der Waals surface area contributed by atoms with Gasteiger partial charge in [-0.15, -0.1) is 13.2 Å². The van der Waals surface area contributed by atoms with E-state index >= 15 is 0 Å². The lowest BCUT2D eigenvalue weighted by Gasteiger charge is -2.16. The number of hydrogen-bond acceptors (Lipinski definition) is 5. The number of amides is 1. The number of hydrogen-bond donors (Lipinski definition) is 2. The Labute approximate surface area is 168 Å². The Bertz CT molecular complexity index is 1040. The maximum Gasteiger partial charge on any atom is 0.573 e. The van der Waals surface area contributed by atoms with Gasteiger partial charge in [0.25, 0.3) is 0 Å². The van der Waals surface area contributed by atoms with Gasteiger partial charge in [0.2, 0.25) is 11.9 Å². The van der Waals surface area contributed by atoms with Gasteiger partial charge in [0, 0.05) is 0 Å². The number of alkyl halides is 3. The van der Waals surface area contributed by atoms with Crippen molar-refractivity contribution >= 4 is 34.6 Å². The Morgan fingerprint density at radius 2 is 1.83 bits per heavy atom. The summed E-state index contributed by atoms with van der Waals surface area (Å²) in [7, 11) is 0. The van der Waals surface area contributed by atoms with Crippen LogP contribution in [-0.2, 0) is 4.79 Å². The van der Waals surface area contributed by atoms with Crippen molar-refractivity contribution in [3.8, 4) is 11.4 Å². The lowest BCUT2D eigenvalue weighted by atomic mass is 10.1. The van der Waals surface area contributed by atoms with Gasteiger partial charge < -0.3 is 9.84 Å². The molecule has 3 rings (SSSR count). The van der Waals surface area contributed by atoms with Crippen LogP contribution in [0.2, 0.25) is 5.15 Å². The van der Waals surface area contributed by atoms with E-state index in [1.807, 2.05) is 0 Å². The van der Waals surface area contributed by atoms with Crippen LogP contribution in [0.5, 0.6) is 5.75 Å². The molecule has 0 spiro atoms. The van der Waals surface area contributed by atoms with Gasteiger partial charge in [-0.2, -0.15) is 0 Å². The number of aliphatic hydroxyl groups is 1. The highest BCUT2D eigenvalue weighted by atomic mass is 35.5. The molecule has 0 bridgehead atoms. The number of carbonyl (C=O) groups excluding carboxylic acids is 1. The number of benzene rings is 1. The number of aromatic nitrogens is 3. The maximum atomic E-state index is 12.4. The normalized spacial score (nSPS) is 12.2. The van der Waals surface area contributed by atoms with Gasteiger partial charge in [0.1, 0.15) is 16.4 Å². The number of halogens is 4. The van der Waals surface area contributed by atoms with Gasteiger partial charge in [-0.1, -0.05) is 11.6 Å². The minimum absolute atomic E-state index is 0.0773. The number of ether oxygens (including phenoxy) is 1. The Balaban J connectivity index is 2.03. The first-order chi connectivity index (χ1) is 13.4. The summed E-state index contributed by atoms with van der Waals surface area (Å²) in [5.41, 5.74) is -0.168. The molecule has 0 aliphatic carbocycles. The molecule has 0 fully saturated rings. The molecule has 0 atom stereocenters. The van der Waals surface area contributed by atoms with Crippen molar-refractivity contribution in [1.29, 1.82) is 0 Å². The van der Waals surface area contributed by atoms with Gasteiger partial charge in [-0.3, -0.25) is 14.7 Å². The monoisotopic (exact) mass is 428 g/mol. The van der Waals surface area contributed by atoms with Gasteiger partial charge in [0.15, 0.2) is 5.65 Å². The number of fused-ring (bicyclic) bond motifs is 1. The van der Waals surface area contributed by atoms with Crippen molar-refractivity contribution < 1.29 is 27.8 Å². The molecule has 2 aromatic heterocycles. The van der Waals surface area contributed by atoms with Gasteiger partial charge in [0.05, 0.1) is 17.7 Å². The van der Waals surface area contributed by atoms with Crippen LogP contribution in [0.1, 0.15) is 20.3 Å². The first kappa shape index (κ1) is 20.9. The number of anilines is 1. The molecule has 0 saturated carbocycles. The van der Waals surface area contributed by atoms with E-state index in [0.29, 0.717) is 16.9 Å². The molecule has 7 nitrogen and oxygen atoms in total. The summed E-state index contributed by atoms with van der Waals surface area (Å²) in [6.45, 7) is 2.96. The van der Waals surface area contributed by atoms with Crippen molar-refractivity contribution in [1.82, 2.24) is 14.5 Å². The number of pyridine rings is 1. The quantitative estimate of drug-likeness (QED) is 0.598. The molecular formula is C18H16ClF3N4O3. The molecule has 2 N–H and O–H groups in total. The fraction of sp³-hybridized carbons (Fsp3) is 0.278. The van der Waals surface area contributed by atoms with E-state index in [4.69, 9.17) is 11.6 Å². The average Bonchev–Trinajstić information content (AvgIpc) is 2.89. The molecule has 3 aromatic rings. The second-order valence-electron chi connectivity index (χ2n) is 6.83. The third kappa shape index (κ3) is 5.36. The molecule has 0 saturated heterocycles. The van der Waals surface area contributed by atoms with Crippen molar-refractivity contribution in [3.63, 3.8) is 0 Å². The third-order valence-corrected chi connectivity index (χ3v) is 3.85. The fourth-order valence-electron chi connectivity index (χ4n) is 2.62. The molecule has 0 radical (unpaired) electrons. The van der Waals surface area contributed by atoms with Crippen LogP contribution in [0.4, 0.5) is 19.1 Å². The summed E-state index contributed by atoms with van der Waals surface area (Å²) < 4.78 is 42.4. The van der Waals surface area contributed by atoms with E-state index in [1.54, 1.807) is 6.07 Å². The predicted molar refractivity (Wildman–Crippen MR) is 100 cm³/mol. The molecule has 1 aromatic carbocycles. The van der Waals surface area contributed by atoms with Crippen LogP contribution in [-0.4, -0.2) is 37.5 Å². The minimum atomic E-state index is -4.81. The standard InChI is InChI=1S/C18H16ClF3N4O3/c1-17(2,28)9-14(27)25-16-23-12-7-8-13(19)24-15(12)26(16)10-3-5-11(6-4-10)29-18(20,21)22/h3-8,28H,9H2,1-2H3,(H,23,25,27). The molecule has 1 amide bonds. The average molecular weight is 429 g/mol. The summed E-state index contributed by atoms with van der Waals surface area (Å²) in [6.07, 6.45) is -5.00. The van der Waals surface area contributed by atoms with Crippen LogP contribution in [0.25, 0.3) is 16.9 Å². The zero-order chi connectivity index (χ0) is 21.4. The van der Waals surface area contributed by atoms with E-state index in [-0.39, 0.29) is 17.5 Å². The van der Waals surface area contributed by atoms with Gasteiger partial charge in [-0.05, 0) is 50.2 Å².